The Morgan fingerprint density at radius 1 is 1.40 bits per heavy atom. The Bertz CT molecular complexity index is 557. The average molecular weight is 299 g/mol. The predicted octanol–water partition coefficient (Wildman–Crippen LogP) is 1.06. The van der Waals surface area contributed by atoms with Gasteiger partial charge in [0.15, 0.2) is 5.84 Å². The first-order chi connectivity index (χ1) is 9.33. The third kappa shape index (κ3) is 4.50. The molecule has 0 saturated heterocycles. The van der Waals surface area contributed by atoms with Crippen LogP contribution in [0.4, 0.5) is 0 Å². The van der Waals surface area contributed by atoms with E-state index in [2.05, 4.69) is 9.88 Å². The van der Waals surface area contributed by atoms with Crippen molar-refractivity contribution in [2.75, 3.05) is 5.75 Å². The lowest BCUT2D eigenvalue weighted by atomic mass is 10.00. The number of rotatable bonds is 7. The number of amidine groups is 1. The normalized spacial score (nSPS) is 15.8. The Kier molecular flexibility index (Phi) is 5.52. The number of oxime groups is 1. The molecule has 0 aliphatic rings. The zero-order valence-electron chi connectivity index (χ0n) is 11.7. The molecule has 112 valence electrons. The molecule has 6 nitrogen and oxygen atoms in total. The van der Waals surface area contributed by atoms with Gasteiger partial charge in [-0.1, -0.05) is 42.4 Å². The van der Waals surface area contributed by atoms with Crippen molar-refractivity contribution < 1.29 is 13.6 Å². The second-order valence-corrected chi connectivity index (χ2v) is 6.67. The highest BCUT2D eigenvalue weighted by atomic mass is 32.2. The zero-order valence-corrected chi connectivity index (χ0v) is 12.5. The molecule has 0 aliphatic carbocycles. The lowest BCUT2D eigenvalue weighted by Gasteiger charge is -2.27. The van der Waals surface area contributed by atoms with Gasteiger partial charge >= 0.3 is 0 Å². The van der Waals surface area contributed by atoms with Crippen LogP contribution in [0.15, 0.2) is 35.5 Å². The molecule has 20 heavy (non-hydrogen) atoms. The van der Waals surface area contributed by atoms with Crippen molar-refractivity contribution in [2.24, 2.45) is 10.9 Å². The van der Waals surface area contributed by atoms with Crippen LogP contribution in [0.25, 0.3) is 0 Å². The first-order valence-electron chi connectivity index (χ1n) is 6.36. The topological polar surface area (TPSA) is 105 Å². The molecule has 0 amide bonds. The van der Waals surface area contributed by atoms with Crippen molar-refractivity contribution >= 4 is 15.9 Å². The number of nitrogens with one attached hydrogen (secondary N) is 1. The lowest BCUT2D eigenvalue weighted by Crippen LogP contribution is -2.55. The average Bonchev–Trinajstić information content (AvgIpc) is 2.45. The molecule has 1 aromatic rings. The summed E-state index contributed by atoms with van der Waals surface area (Å²) in [6, 6.07) is 9.35. The minimum absolute atomic E-state index is 0.0503. The van der Waals surface area contributed by atoms with Crippen molar-refractivity contribution in [2.45, 2.75) is 32.2 Å². The molecule has 0 bridgehead atoms. The Morgan fingerprint density at radius 2 is 2.00 bits per heavy atom. The largest absolute Gasteiger partial charge is 0.409 e. The zero-order chi connectivity index (χ0) is 15.2. The van der Waals surface area contributed by atoms with Crippen LogP contribution in [-0.2, 0) is 16.4 Å². The van der Waals surface area contributed by atoms with E-state index in [9.17, 15) is 8.42 Å². The standard InChI is InChI=1S/C13H21N3O3S/c1-3-13(2,12(14)15-17)16-20(18,19)10-9-11-7-5-4-6-8-11/h4-8,16-17H,3,9-10H2,1-2H3,(H2,14,15). The van der Waals surface area contributed by atoms with E-state index in [-0.39, 0.29) is 11.6 Å². The second kappa shape index (κ2) is 6.71. The highest BCUT2D eigenvalue weighted by Crippen LogP contribution is 2.12. The minimum Gasteiger partial charge on any atom is -0.409 e. The molecule has 4 N–H and O–H groups in total. The summed E-state index contributed by atoms with van der Waals surface area (Å²) in [4.78, 5) is 0. The first kappa shape index (κ1) is 16.5. The van der Waals surface area contributed by atoms with Gasteiger partial charge in [0.25, 0.3) is 0 Å². The van der Waals surface area contributed by atoms with E-state index >= 15 is 0 Å². The van der Waals surface area contributed by atoms with E-state index in [1.165, 1.54) is 0 Å². The van der Waals surface area contributed by atoms with Gasteiger partial charge in [0.2, 0.25) is 10.0 Å². The molecule has 0 aromatic heterocycles. The van der Waals surface area contributed by atoms with Crippen LogP contribution < -0.4 is 10.5 Å². The van der Waals surface area contributed by atoms with Gasteiger partial charge in [-0.15, -0.1) is 0 Å². The van der Waals surface area contributed by atoms with Gasteiger partial charge in [-0.3, -0.25) is 0 Å². The molecule has 0 spiro atoms. The summed E-state index contributed by atoms with van der Waals surface area (Å²) >= 11 is 0. The van der Waals surface area contributed by atoms with Gasteiger partial charge in [-0.25, -0.2) is 13.1 Å². The van der Waals surface area contributed by atoms with E-state index in [1.54, 1.807) is 13.8 Å². The van der Waals surface area contributed by atoms with E-state index in [4.69, 9.17) is 10.9 Å². The van der Waals surface area contributed by atoms with Crippen LogP contribution in [0.3, 0.4) is 0 Å². The van der Waals surface area contributed by atoms with E-state index < -0.39 is 15.6 Å². The Hall–Kier alpha value is -1.60. The number of hydrogen-bond donors (Lipinski definition) is 3. The summed E-state index contributed by atoms with van der Waals surface area (Å²) in [6.45, 7) is 3.35. The van der Waals surface area contributed by atoms with Crippen LogP contribution in [0.2, 0.25) is 0 Å². The van der Waals surface area contributed by atoms with Crippen LogP contribution in [-0.4, -0.2) is 30.8 Å². The number of nitrogens with zero attached hydrogens (tertiary/aromatic N) is 1. The highest BCUT2D eigenvalue weighted by molar-refractivity contribution is 7.89. The predicted molar refractivity (Wildman–Crippen MR) is 79.2 cm³/mol. The van der Waals surface area contributed by atoms with Gasteiger partial charge in [0, 0.05) is 0 Å². The fourth-order valence-corrected chi connectivity index (χ4v) is 3.25. The van der Waals surface area contributed by atoms with Gasteiger partial charge in [-0.2, -0.15) is 0 Å². The summed E-state index contributed by atoms with van der Waals surface area (Å²) in [7, 11) is -3.53. The number of benzene rings is 1. The molecule has 0 saturated carbocycles. The molecule has 1 unspecified atom stereocenters. The third-order valence-corrected chi connectivity index (χ3v) is 4.77. The van der Waals surface area contributed by atoms with Crippen LogP contribution in [0.1, 0.15) is 25.8 Å². The Balaban J connectivity index is 2.75. The molecule has 0 aliphatic heterocycles. The van der Waals surface area contributed by atoms with Gasteiger partial charge in [0.1, 0.15) is 0 Å². The van der Waals surface area contributed by atoms with Crippen molar-refractivity contribution in [3.05, 3.63) is 35.9 Å². The molecular weight excluding hydrogens is 278 g/mol. The maximum Gasteiger partial charge on any atom is 0.212 e. The number of hydrogen-bond acceptors (Lipinski definition) is 4. The maximum atomic E-state index is 12.1. The van der Waals surface area contributed by atoms with Gasteiger partial charge < -0.3 is 10.9 Å². The Labute approximate surface area is 119 Å². The lowest BCUT2D eigenvalue weighted by molar-refractivity contribution is 0.310. The highest BCUT2D eigenvalue weighted by Gasteiger charge is 2.32. The number of sulfonamides is 1. The van der Waals surface area contributed by atoms with Crippen molar-refractivity contribution in [3.63, 3.8) is 0 Å². The second-order valence-electron chi connectivity index (χ2n) is 4.83. The van der Waals surface area contributed by atoms with Crippen LogP contribution in [0, 0.1) is 0 Å². The summed E-state index contributed by atoms with van der Waals surface area (Å²) in [5.41, 5.74) is 5.41. The summed E-state index contributed by atoms with van der Waals surface area (Å²) in [5.74, 6) is -0.200. The quantitative estimate of drug-likeness (QED) is 0.303. The van der Waals surface area contributed by atoms with Crippen molar-refractivity contribution in [1.29, 1.82) is 0 Å². The fraction of sp³-hybridized carbons (Fsp3) is 0.462. The molecule has 0 heterocycles. The third-order valence-electron chi connectivity index (χ3n) is 3.26. The number of nitrogens with two attached hydrogens (primary N) is 1. The fourth-order valence-electron chi connectivity index (χ4n) is 1.71. The van der Waals surface area contributed by atoms with Crippen LogP contribution >= 0.6 is 0 Å². The molecule has 0 radical (unpaired) electrons. The molecule has 1 atom stereocenters. The van der Waals surface area contributed by atoms with E-state index in [0.717, 1.165) is 5.56 Å². The van der Waals surface area contributed by atoms with Gasteiger partial charge in [-0.05, 0) is 25.3 Å². The monoisotopic (exact) mass is 299 g/mol. The Morgan fingerprint density at radius 3 is 2.50 bits per heavy atom. The maximum absolute atomic E-state index is 12.1. The summed E-state index contributed by atoms with van der Waals surface area (Å²) in [5, 5.41) is 11.6. The molecule has 7 heteroatoms. The van der Waals surface area contributed by atoms with E-state index in [1.807, 2.05) is 30.3 Å². The first-order valence-corrected chi connectivity index (χ1v) is 8.02. The van der Waals surface area contributed by atoms with Crippen LogP contribution in [0.5, 0.6) is 0 Å². The van der Waals surface area contributed by atoms with E-state index in [0.29, 0.717) is 12.8 Å². The molecular formula is C13H21N3O3S. The van der Waals surface area contributed by atoms with Crippen molar-refractivity contribution in [3.8, 4) is 0 Å². The minimum atomic E-state index is -3.53. The molecule has 1 aromatic carbocycles. The summed E-state index contributed by atoms with van der Waals surface area (Å²) < 4.78 is 26.7. The van der Waals surface area contributed by atoms with Crippen molar-refractivity contribution in [1.82, 2.24) is 4.72 Å². The molecule has 1 rings (SSSR count). The molecule has 0 fully saturated rings. The number of aryl methyl sites for hydroxylation is 1. The smallest absolute Gasteiger partial charge is 0.212 e. The van der Waals surface area contributed by atoms with Gasteiger partial charge in [0.05, 0.1) is 11.3 Å². The SMILES string of the molecule is CCC(C)(NS(=O)(=O)CCc1ccccc1)/C(N)=N/O. The summed E-state index contributed by atoms with van der Waals surface area (Å²) in [6.07, 6.45) is 0.791.